The topological polar surface area (TPSA) is 45.3 Å². The van der Waals surface area contributed by atoms with Gasteiger partial charge >= 0.3 is 5.97 Å². The summed E-state index contributed by atoms with van der Waals surface area (Å²) in [7, 11) is 0. The van der Waals surface area contributed by atoms with Gasteiger partial charge in [0.05, 0.1) is 5.56 Å². The summed E-state index contributed by atoms with van der Waals surface area (Å²) in [6.07, 6.45) is 5.35. The monoisotopic (exact) mass is 388 g/mol. The van der Waals surface area contributed by atoms with Crippen molar-refractivity contribution in [3.63, 3.8) is 0 Å². The first-order valence-electron chi connectivity index (χ1n) is 10.8. The molecule has 0 spiro atoms. The summed E-state index contributed by atoms with van der Waals surface area (Å²) in [5.74, 6) is -0.216. The number of rotatable bonds is 5. The van der Waals surface area contributed by atoms with Gasteiger partial charge in [-0.1, -0.05) is 30.3 Å². The van der Waals surface area contributed by atoms with E-state index in [0.717, 1.165) is 48.0 Å². The molecule has 1 N–H and O–H groups in total. The molecule has 4 heteroatoms. The van der Waals surface area contributed by atoms with E-state index in [0.29, 0.717) is 5.56 Å². The van der Waals surface area contributed by atoms with Crippen molar-refractivity contribution in [1.82, 2.24) is 9.88 Å². The van der Waals surface area contributed by atoms with Crippen LogP contribution in [-0.2, 0) is 17.6 Å². The Labute approximate surface area is 171 Å². The van der Waals surface area contributed by atoms with Gasteiger partial charge in [-0.25, -0.2) is 4.79 Å². The van der Waals surface area contributed by atoms with Gasteiger partial charge in [-0.2, -0.15) is 0 Å². The number of likely N-dealkylation sites (tertiary alicyclic amines) is 1. The smallest absolute Gasteiger partial charge is 0.341 e. The van der Waals surface area contributed by atoms with Gasteiger partial charge in [-0.15, -0.1) is 0 Å². The normalized spacial score (nSPS) is 19.0. The lowest BCUT2D eigenvalue weighted by Crippen LogP contribution is -2.21. The van der Waals surface area contributed by atoms with E-state index in [1.54, 1.807) is 0 Å². The fourth-order valence-electron chi connectivity index (χ4n) is 4.91. The molecule has 1 aliphatic heterocycles. The third-order valence-corrected chi connectivity index (χ3v) is 6.50. The predicted octanol–water partition coefficient (Wildman–Crippen LogP) is 4.96. The number of aryl methyl sites for hydroxylation is 2. The maximum atomic E-state index is 13.1. The maximum absolute atomic E-state index is 13.1. The van der Waals surface area contributed by atoms with Gasteiger partial charge in [0.2, 0.25) is 0 Å². The van der Waals surface area contributed by atoms with Crippen LogP contribution in [0.1, 0.15) is 58.1 Å². The number of carbonyl (C=O) groups is 1. The Morgan fingerprint density at radius 1 is 1.17 bits per heavy atom. The fraction of sp³-hybridized carbons (Fsp3) is 0.400. The molecular weight excluding hydrogens is 360 g/mol. The second kappa shape index (κ2) is 7.68. The number of H-pyrrole nitrogens is 1. The minimum Gasteiger partial charge on any atom is -0.454 e. The zero-order chi connectivity index (χ0) is 19.8. The Hall–Kier alpha value is -2.59. The molecule has 2 heterocycles. The standard InChI is InChI=1S/C25H28N2O2/c1-17-24(25(28)29-23-11-9-19-6-2-3-7-20(19)23)21-16-18(8-10-22(21)26-17)12-15-27-13-4-5-14-27/h2-3,6-8,10,16,23,26H,4-5,9,11-15H2,1H3. The number of fused-ring (bicyclic) bond motifs is 2. The lowest BCUT2D eigenvalue weighted by molar-refractivity contribution is 0.0303. The highest BCUT2D eigenvalue weighted by Crippen LogP contribution is 2.35. The largest absolute Gasteiger partial charge is 0.454 e. The number of hydrogen-bond acceptors (Lipinski definition) is 3. The third-order valence-electron chi connectivity index (χ3n) is 6.50. The molecule has 0 amide bonds. The number of esters is 1. The molecule has 1 saturated heterocycles. The van der Waals surface area contributed by atoms with Gasteiger partial charge in [-0.3, -0.25) is 0 Å². The summed E-state index contributed by atoms with van der Waals surface area (Å²) < 4.78 is 5.99. The molecule has 3 aromatic rings. The summed E-state index contributed by atoms with van der Waals surface area (Å²) in [4.78, 5) is 19.0. The van der Waals surface area contributed by atoms with Crippen molar-refractivity contribution in [2.45, 2.75) is 45.1 Å². The van der Waals surface area contributed by atoms with Crippen molar-refractivity contribution in [2.75, 3.05) is 19.6 Å². The van der Waals surface area contributed by atoms with E-state index in [4.69, 9.17) is 4.74 Å². The lowest BCUT2D eigenvalue weighted by Gasteiger charge is -2.15. The predicted molar refractivity (Wildman–Crippen MR) is 115 cm³/mol. The van der Waals surface area contributed by atoms with Crippen LogP contribution in [0.4, 0.5) is 0 Å². The van der Waals surface area contributed by atoms with E-state index >= 15 is 0 Å². The molecule has 29 heavy (non-hydrogen) atoms. The number of hydrogen-bond donors (Lipinski definition) is 1. The van der Waals surface area contributed by atoms with Gasteiger partial charge in [0, 0.05) is 23.1 Å². The Balaban J connectivity index is 1.38. The van der Waals surface area contributed by atoms with E-state index in [1.165, 1.54) is 37.1 Å². The Morgan fingerprint density at radius 3 is 2.86 bits per heavy atom. The number of carbonyl (C=O) groups excluding carboxylic acids is 1. The van der Waals surface area contributed by atoms with Crippen molar-refractivity contribution < 1.29 is 9.53 Å². The van der Waals surface area contributed by atoms with Gasteiger partial charge in [-0.05, 0) is 80.9 Å². The van der Waals surface area contributed by atoms with Crippen molar-refractivity contribution in [3.05, 3.63) is 70.4 Å². The first-order chi connectivity index (χ1) is 14.2. The zero-order valence-corrected chi connectivity index (χ0v) is 17.0. The molecule has 5 rings (SSSR count). The van der Waals surface area contributed by atoms with Crippen molar-refractivity contribution in [1.29, 1.82) is 0 Å². The SMILES string of the molecule is Cc1[nH]c2ccc(CCN3CCCC3)cc2c1C(=O)OC1CCc2ccccc21. The molecule has 0 bridgehead atoms. The minimum absolute atomic E-state index is 0.138. The first kappa shape index (κ1) is 18.4. The minimum atomic E-state index is -0.216. The van der Waals surface area contributed by atoms with Crippen LogP contribution in [0.25, 0.3) is 10.9 Å². The molecule has 150 valence electrons. The van der Waals surface area contributed by atoms with Gasteiger partial charge < -0.3 is 14.6 Å². The highest BCUT2D eigenvalue weighted by Gasteiger charge is 2.27. The second-order valence-electron chi connectivity index (χ2n) is 8.44. The van der Waals surface area contributed by atoms with Crippen LogP contribution < -0.4 is 0 Å². The highest BCUT2D eigenvalue weighted by atomic mass is 16.5. The summed E-state index contributed by atoms with van der Waals surface area (Å²) in [6.45, 7) is 5.48. The van der Waals surface area contributed by atoms with E-state index in [9.17, 15) is 4.79 Å². The van der Waals surface area contributed by atoms with E-state index in [1.807, 2.05) is 13.0 Å². The van der Waals surface area contributed by atoms with Crippen molar-refractivity contribution >= 4 is 16.9 Å². The van der Waals surface area contributed by atoms with Crippen molar-refractivity contribution in [3.8, 4) is 0 Å². The van der Waals surface area contributed by atoms with Crippen LogP contribution in [0.2, 0.25) is 0 Å². The lowest BCUT2D eigenvalue weighted by atomic mass is 10.1. The third kappa shape index (κ3) is 3.58. The molecular formula is C25H28N2O2. The van der Waals surface area contributed by atoms with Gasteiger partial charge in [0.25, 0.3) is 0 Å². The number of aromatic nitrogens is 1. The van der Waals surface area contributed by atoms with Crippen molar-refractivity contribution in [2.24, 2.45) is 0 Å². The van der Waals surface area contributed by atoms with E-state index < -0.39 is 0 Å². The van der Waals surface area contributed by atoms with E-state index in [2.05, 4.69) is 46.3 Å². The van der Waals surface area contributed by atoms with Gasteiger partial charge in [0.1, 0.15) is 6.10 Å². The maximum Gasteiger partial charge on any atom is 0.341 e. The number of nitrogens with zero attached hydrogens (tertiary/aromatic N) is 1. The molecule has 1 aliphatic carbocycles. The van der Waals surface area contributed by atoms with Crippen LogP contribution >= 0.6 is 0 Å². The molecule has 2 aromatic carbocycles. The molecule has 1 atom stereocenters. The van der Waals surface area contributed by atoms with Crippen LogP contribution in [0.5, 0.6) is 0 Å². The van der Waals surface area contributed by atoms with Crippen LogP contribution in [0.15, 0.2) is 42.5 Å². The molecule has 1 fully saturated rings. The quantitative estimate of drug-likeness (QED) is 0.629. The molecule has 0 radical (unpaired) electrons. The van der Waals surface area contributed by atoms with Crippen LogP contribution in [0, 0.1) is 6.92 Å². The number of benzene rings is 2. The van der Waals surface area contributed by atoms with Crippen LogP contribution in [-0.4, -0.2) is 35.5 Å². The van der Waals surface area contributed by atoms with Gasteiger partial charge in [0.15, 0.2) is 0 Å². The Kier molecular flexibility index (Phi) is 4.88. The highest BCUT2D eigenvalue weighted by molar-refractivity contribution is 6.05. The molecule has 1 unspecified atom stereocenters. The fourth-order valence-corrected chi connectivity index (χ4v) is 4.91. The Morgan fingerprint density at radius 2 is 2.00 bits per heavy atom. The summed E-state index contributed by atoms with van der Waals surface area (Å²) in [6, 6.07) is 14.7. The average molecular weight is 389 g/mol. The summed E-state index contributed by atoms with van der Waals surface area (Å²) >= 11 is 0. The number of ether oxygens (including phenoxy) is 1. The Bertz CT molecular complexity index is 1050. The van der Waals surface area contributed by atoms with E-state index in [-0.39, 0.29) is 12.1 Å². The summed E-state index contributed by atoms with van der Waals surface area (Å²) in [5.41, 5.74) is 6.31. The average Bonchev–Trinajstić information content (AvgIpc) is 3.45. The second-order valence-corrected chi connectivity index (χ2v) is 8.44. The molecule has 4 nitrogen and oxygen atoms in total. The summed E-state index contributed by atoms with van der Waals surface area (Å²) in [5, 5.41) is 0.984. The molecule has 1 aromatic heterocycles. The first-order valence-corrected chi connectivity index (χ1v) is 10.8. The molecule has 2 aliphatic rings. The molecule has 0 saturated carbocycles. The van der Waals surface area contributed by atoms with Crippen LogP contribution in [0.3, 0.4) is 0 Å². The number of nitrogens with one attached hydrogen (secondary N) is 1. The zero-order valence-electron chi connectivity index (χ0n) is 17.0. The number of aromatic amines is 1.